The van der Waals surface area contributed by atoms with Gasteiger partial charge in [-0.05, 0) is 37.1 Å². The standard InChI is InChI=1S/C18H19ClN4O3/c19-13-6-4-12(5-7-13)16-21-11-14(18(26)22-16)17(25)20-8-2-10-23-9-1-3-15(23)24/h4-7,11H,1-3,8-10H2,(H,20,25)(H,21,22,26). The van der Waals surface area contributed by atoms with Gasteiger partial charge in [0.1, 0.15) is 11.4 Å². The van der Waals surface area contributed by atoms with E-state index in [1.54, 1.807) is 29.2 Å². The largest absolute Gasteiger partial charge is 0.352 e. The molecule has 1 aliphatic rings. The Hall–Kier alpha value is -2.67. The first-order chi connectivity index (χ1) is 12.5. The van der Waals surface area contributed by atoms with Crippen molar-refractivity contribution in [2.75, 3.05) is 19.6 Å². The molecule has 0 unspecified atom stereocenters. The van der Waals surface area contributed by atoms with Crippen LogP contribution < -0.4 is 10.9 Å². The van der Waals surface area contributed by atoms with Crippen LogP contribution in [0.2, 0.25) is 5.02 Å². The quantitative estimate of drug-likeness (QED) is 0.754. The average molecular weight is 375 g/mol. The molecule has 1 aromatic heterocycles. The summed E-state index contributed by atoms with van der Waals surface area (Å²) >= 11 is 5.84. The summed E-state index contributed by atoms with van der Waals surface area (Å²) in [6.07, 6.45) is 3.41. The van der Waals surface area contributed by atoms with E-state index in [9.17, 15) is 14.4 Å². The van der Waals surface area contributed by atoms with Gasteiger partial charge in [-0.2, -0.15) is 0 Å². The molecular weight excluding hydrogens is 356 g/mol. The first-order valence-electron chi connectivity index (χ1n) is 8.46. The van der Waals surface area contributed by atoms with Crippen molar-refractivity contribution in [2.45, 2.75) is 19.3 Å². The molecule has 0 radical (unpaired) electrons. The maximum Gasteiger partial charge on any atom is 0.264 e. The lowest BCUT2D eigenvalue weighted by Crippen LogP contribution is -2.33. The van der Waals surface area contributed by atoms with Gasteiger partial charge in [0.05, 0.1) is 0 Å². The van der Waals surface area contributed by atoms with Gasteiger partial charge < -0.3 is 15.2 Å². The number of nitrogens with zero attached hydrogens (tertiary/aromatic N) is 2. The van der Waals surface area contributed by atoms with Gasteiger partial charge in [0.15, 0.2) is 0 Å². The van der Waals surface area contributed by atoms with Gasteiger partial charge in [-0.25, -0.2) is 4.98 Å². The smallest absolute Gasteiger partial charge is 0.264 e. The Labute approximate surface area is 155 Å². The van der Waals surface area contributed by atoms with Crippen LogP contribution in [0, 0.1) is 0 Å². The minimum absolute atomic E-state index is 0.0417. The highest BCUT2D eigenvalue weighted by atomic mass is 35.5. The summed E-state index contributed by atoms with van der Waals surface area (Å²) in [4.78, 5) is 44.4. The van der Waals surface area contributed by atoms with Crippen LogP contribution in [-0.4, -0.2) is 46.3 Å². The van der Waals surface area contributed by atoms with Crippen molar-refractivity contribution in [1.82, 2.24) is 20.2 Å². The van der Waals surface area contributed by atoms with Crippen molar-refractivity contribution in [1.29, 1.82) is 0 Å². The van der Waals surface area contributed by atoms with Gasteiger partial charge in [-0.3, -0.25) is 14.4 Å². The predicted octanol–water partition coefficient (Wildman–Crippen LogP) is 1.83. The molecule has 1 aliphatic heterocycles. The second-order valence-electron chi connectivity index (χ2n) is 6.08. The molecule has 0 atom stereocenters. The van der Waals surface area contributed by atoms with E-state index in [-0.39, 0.29) is 11.5 Å². The van der Waals surface area contributed by atoms with E-state index in [0.717, 1.165) is 13.0 Å². The van der Waals surface area contributed by atoms with E-state index < -0.39 is 11.5 Å². The van der Waals surface area contributed by atoms with Crippen LogP contribution in [0.3, 0.4) is 0 Å². The third-order valence-electron chi connectivity index (χ3n) is 4.22. The maximum atomic E-state index is 12.2. The summed E-state index contributed by atoms with van der Waals surface area (Å²) in [6.45, 7) is 1.78. The van der Waals surface area contributed by atoms with E-state index >= 15 is 0 Å². The van der Waals surface area contributed by atoms with Crippen molar-refractivity contribution >= 4 is 23.4 Å². The zero-order valence-electron chi connectivity index (χ0n) is 14.1. The number of nitrogens with one attached hydrogen (secondary N) is 2. The molecule has 0 aliphatic carbocycles. The summed E-state index contributed by atoms with van der Waals surface area (Å²) in [5, 5.41) is 3.28. The predicted molar refractivity (Wildman–Crippen MR) is 98.1 cm³/mol. The lowest BCUT2D eigenvalue weighted by Gasteiger charge is -2.15. The van der Waals surface area contributed by atoms with Crippen molar-refractivity contribution in [3.63, 3.8) is 0 Å². The summed E-state index contributed by atoms with van der Waals surface area (Å²) < 4.78 is 0. The molecule has 2 aromatic rings. The minimum Gasteiger partial charge on any atom is -0.352 e. The van der Waals surface area contributed by atoms with Crippen LogP contribution in [0.15, 0.2) is 35.3 Å². The number of carbonyl (C=O) groups excluding carboxylic acids is 2. The highest BCUT2D eigenvalue weighted by Crippen LogP contribution is 2.16. The summed E-state index contributed by atoms with van der Waals surface area (Å²) in [5.41, 5.74) is 0.158. The van der Waals surface area contributed by atoms with E-state index in [0.29, 0.717) is 42.3 Å². The normalized spacial score (nSPS) is 13.9. The number of likely N-dealkylation sites (tertiary alicyclic amines) is 1. The van der Waals surface area contributed by atoms with Gasteiger partial charge in [0.25, 0.3) is 11.5 Å². The van der Waals surface area contributed by atoms with Gasteiger partial charge in [0, 0.05) is 42.8 Å². The fourth-order valence-corrected chi connectivity index (χ4v) is 2.94. The van der Waals surface area contributed by atoms with E-state index in [4.69, 9.17) is 11.6 Å². The van der Waals surface area contributed by atoms with Crippen molar-refractivity contribution in [3.05, 3.63) is 51.4 Å². The fourth-order valence-electron chi connectivity index (χ4n) is 2.82. The number of hydrogen-bond donors (Lipinski definition) is 2. The molecule has 2 heterocycles. The molecule has 1 saturated heterocycles. The molecule has 1 fully saturated rings. The number of rotatable bonds is 6. The van der Waals surface area contributed by atoms with Gasteiger partial charge >= 0.3 is 0 Å². The number of carbonyl (C=O) groups is 2. The van der Waals surface area contributed by atoms with Gasteiger partial charge in [-0.1, -0.05) is 11.6 Å². The molecule has 2 N–H and O–H groups in total. The minimum atomic E-state index is -0.503. The summed E-state index contributed by atoms with van der Waals surface area (Å²) in [7, 11) is 0. The molecule has 0 bridgehead atoms. The first kappa shape index (κ1) is 18.1. The Bertz CT molecular complexity index is 863. The Balaban J connectivity index is 1.56. The van der Waals surface area contributed by atoms with Crippen LogP contribution in [0.5, 0.6) is 0 Å². The van der Waals surface area contributed by atoms with E-state index in [1.807, 2.05) is 0 Å². The number of halogens is 1. The second kappa shape index (κ2) is 8.14. The monoisotopic (exact) mass is 374 g/mol. The fraction of sp³-hybridized carbons (Fsp3) is 0.333. The van der Waals surface area contributed by atoms with Gasteiger partial charge in [0.2, 0.25) is 5.91 Å². The third kappa shape index (κ3) is 4.29. The van der Waals surface area contributed by atoms with Crippen LogP contribution >= 0.6 is 11.6 Å². The van der Waals surface area contributed by atoms with E-state index in [1.165, 1.54) is 6.20 Å². The number of amides is 2. The van der Waals surface area contributed by atoms with Crippen LogP contribution in [0.1, 0.15) is 29.6 Å². The Morgan fingerprint density at radius 1 is 1.27 bits per heavy atom. The average Bonchev–Trinajstić information content (AvgIpc) is 3.04. The number of aromatic nitrogens is 2. The SMILES string of the molecule is O=C(NCCCN1CCCC1=O)c1cnc(-c2ccc(Cl)cc2)[nH]c1=O. The zero-order chi connectivity index (χ0) is 18.5. The Morgan fingerprint density at radius 2 is 2.04 bits per heavy atom. The van der Waals surface area contributed by atoms with Crippen molar-refractivity contribution in [2.24, 2.45) is 0 Å². The van der Waals surface area contributed by atoms with Crippen molar-refractivity contribution < 1.29 is 9.59 Å². The third-order valence-corrected chi connectivity index (χ3v) is 4.48. The Morgan fingerprint density at radius 3 is 2.69 bits per heavy atom. The van der Waals surface area contributed by atoms with Crippen LogP contribution in [-0.2, 0) is 4.79 Å². The molecule has 136 valence electrons. The first-order valence-corrected chi connectivity index (χ1v) is 8.83. The number of aromatic amines is 1. The molecule has 7 nitrogen and oxygen atoms in total. The molecule has 0 spiro atoms. The van der Waals surface area contributed by atoms with Crippen LogP contribution in [0.4, 0.5) is 0 Å². The number of benzene rings is 1. The molecule has 3 rings (SSSR count). The van der Waals surface area contributed by atoms with E-state index in [2.05, 4.69) is 15.3 Å². The lowest BCUT2D eigenvalue weighted by atomic mass is 10.2. The molecule has 1 aromatic carbocycles. The number of hydrogen-bond acceptors (Lipinski definition) is 4. The lowest BCUT2D eigenvalue weighted by molar-refractivity contribution is -0.127. The Kier molecular flexibility index (Phi) is 5.68. The highest BCUT2D eigenvalue weighted by molar-refractivity contribution is 6.30. The van der Waals surface area contributed by atoms with Crippen molar-refractivity contribution in [3.8, 4) is 11.4 Å². The molecular formula is C18H19ClN4O3. The molecule has 26 heavy (non-hydrogen) atoms. The molecule has 8 heteroatoms. The summed E-state index contributed by atoms with van der Waals surface area (Å²) in [6, 6.07) is 6.87. The topological polar surface area (TPSA) is 95.2 Å². The zero-order valence-corrected chi connectivity index (χ0v) is 14.9. The second-order valence-corrected chi connectivity index (χ2v) is 6.51. The molecule has 2 amide bonds. The van der Waals surface area contributed by atoms with Crippen LogP contribution in [0.25, 0.3) is 11.4 Å². The maximum absolute atomic E-state index is 12.2. The highest BCUT2D eigenvalue weighted by Gasteiger charge is 2.19. The molecule has 0 saturated carbocycles. The summed E-state index contributed by atoms with van der Waals surface area (Å²) in [5.74, 6) is 0.0553. The van der Waals surface area contributed by atoms with Gasteiger partial charge in [-0.15, -0.1) is 0 Å². The number of H-pyrrole nitrogens is 1.